The smallest absolute Gasteiger partial charge is 0.258 e. The Morgan fingerprint density at radius 3 is 2.46 bits per heavy atom. The summed E-state index contributed by atoms with van der Waals surface area (Å²) in [4.78, 5) is 15.4. The van der Waals surface area contributed by atoms with Crippen molar-refractivity contribution in [2.45, 2.75) is 25.0 Å². The number of nitrogens with one attached hydrogen (secondary N) is 1. The normalized spacial score (nSPS) is 20.6. The summed E-state index contributed by atoms with van der Waals surface area (Å²) in [5, 5.41) is 4.43. The molecular formula is C21H25ClN3O+. The van der Waals surface area contributed by atoms with E-state index in [2.05, 4.69) is 19.4 Å². The van der Waals surface area contributed by atoms with E-state index >= 15 is 0 Å². The first-order valence-electron chi connectivity index (χ1n) is 9.15. The lowest BCUT2D eigenvalue weighted by atomic mass is 9.88. The van der Waals surface area contributed by atoms with E-state index in [-0.39, 0.29) is 11.6 Å². The van der Waals surface area contributed by atoms with Crippen LogP contribution in [0.1, 0.15) is 28.8 Å². The highest BCUT2D eigenvalue weighted by Gasteiger charge is 2.48. The van der Waals surface area contributed by atoms with Crippen LogP contribution in [0.25, 0.3) is 0 Å². The molecule has 1 N–H and O–H groups in total. The van der Waals surface area contributed by atoms with Crippen molar-refractivity contribution < 1.29 is 9.28 Å². The highest BCUT2D eigenvalue weighted by atomic mass is 35.5. The standard InChI is InChI=1S/C21H24ClN3O/c1-25(2)13-11-21(12-14-25)23-19-10-6-4-8-17(19)20(26)24(21)15-16-7-3-5-9-18(16)22/h3-10H,11-15H2,1-2H3/p+1. The van der Waals surface area contributed by atoms with Crippen LogP contribution in [-0.2, 0) is 6.54 Å². The fourth-order valence-corrected chi connectivity index (χ4v) is 4.26. The number of amides is 1. The fraction of sp³-hybridized carbons (Fsp3) is 0.381. The highest BCUT2D eigenvalue weighted by molar-refractivity contribution is 6.31. The molecule has 0 saturated carbocycles. The summed E-state index contributed by atoms with van der Waals surface area (Å²) >= 11 is 6.40. The average molecular weight is 371 g/mol. The van der Waals surface area contributed by atoms with Crippen LogP contribution in [0, 0.1) is 0 Å². The van der Waals surface area contributed by atoms with Gasteiger partial charge in [0.2, 0.25) is 0 Å². The highest BCUT2D eigenvalue weighted by Crippen LogP contribution is 2.40. The molecule has 2 aromatic carbocycles. The van der Waals surface area contributed by atoms with Gasteiger partial charge in [-0.2, -0.15) is 0 Å². The molecule has 0 radical (unpaired) electrons. The topological polar surface area (TPSA) is 32.3 Å². The third-order valence-electron chi connectivity index (χ3n) is 5.83. The Kier molecular flexibility index (Phi) is 4.20. The average Bonchev–Trinajstić information content (AvgIpc) is 2.63. The predicted molar refractivity (Wildman–Crippen MR) is 105 cm³/mol. The van der Waals surface area contributed by atoms with Crippen LogP contribution < -0.4 is 5.32 Å². The molecule has 2 aliphatic heterocycles. The SMILES string of the molecule is C[N+]1(C)CCC2(CC1)Nc1ccccc1C(=O)N2Cc1ccccc1Cl. The summed E-state index contributed by atoms with van der Waals surface area (Å²) in [5.74, 6) is 0.0893. The molecule has 5 heteroatoms. The van der Waals surface area contributed by atoms with E-state index in [9.17, 15) is 4.79 Å². The van der Waals surface area contributed by atoms with Gasteiger partial charge >= 0.3 is 0 Å². The number of quaternary nitrogens is 1. The van der Waals surface area contributed by atoms with Gasteiger partial charge in [0.05, 0.1) is 32.7 Å². The first kappa shape index (κ1) is 17.4. The van der Waals surface area contributed by atoms with Crippen LogP contribution in [0.15, 0.2) is 48.5 Å². The molecule has 0 atom stereocenters. The van der Waals surface area contributed by atoms with Crippen molar-refractivity contribution in [3.63, 3.8) is 0 Å². The lowest BCUT2D eigenvalue weighted by Crippen LogP contribution is -2.66. The molecule has 4 rings (SSSR count). The maximum absolute atomic E-state index is 13.4. The number of piperidine rings is 1. The summed E-state index contributed by atoms with van der Waals surface area (Å²) in [6.45, 7) is 2.58. The van der Waals surface area contributed by atoms with Crippen LogP contribution in [-0.4, -0.2) is 48.1 Å². The number of carbonyl (C=O) groups is 1. The van der Waals surface area contributed by atoms with E-state index in [1.165, 1.54) is 0 Å². The molecule has 2 heterocycles. The minimum atomic E-state index is -0.349. The third kappa shape index (κ3) is 2.97. The van der Waals surface area contributed by atoms with Crippen molar-refractivity contribution in [2.75, 3.05) is 32.5 Å². The van der Waals surface area contributed by atoms with Gasteiger partial charge in [0, 0.05) is 30.1 Å². The number of nitrogens with zero attached hydrogens (tertiary/aromatic N) is 2. The molecule has 0 unspecified atom stereocenters. The first-order chi connectivity index (χ1) is 12.4. The summed E-state index contributed by atoms with van der Waals surface area (Å²) in [6, 6.07) is 15.6. The van der Waals surface area contributed by atoms with Crippen molar-refractivity contribution in [1.29, 1.82) is 0 Å². The summed E-state index contributed by atoms with van der Waals surface area (Å²) in [5.41, 5.74) is 2.32. The summed E-state index contributed by atoms with van der Waals surface area (Å²) in [7, 11) is 4.51. The summed E-state index contributed by atoms with van der Waals surface area (Å²) in [6.07, 6.45) is 1.84. The molecule has 1 amide bonds. The van der Waals surface area contributed by atoms with Gasteiger partial charge in [0.25, 0.3) is 5.91 Å². The van der Waals surface area contributed by atoms with Crippen molar-refractivity contribution in [3.8, 4) is 0 Å². The van der Waals surface area contributed by atoms with Crippen molar-refractivity contribution in [3.05, 3.63) is 64.7 Å². The minimum absolute atomic E-state index is 0.0893. The van der Waals surface area contributed by atoms with Crippen molar-refractivity contribution in [1.82, 2.24) is 4.90 Å². The first-order valence-corrected chi connectivity index (χ1v) is 9.53. The molecular weight excluding hydrogens is 346 g/mol. The van der Waals surface area contributed by atoms with Crippen LogP contribution in [0.2, 0.25) is 5.02 Å². The zero-order valence-corrected chi connectivity index (χ0v) is 16.1. The zero-order valence-electron chi connectivity index (χ0n) is 15.3. The number of rotatable bonds is 2. The van der Waals surface area contributed by atoms with Crippen molar-refractivity contribution in [2.24, 2.45) is 0 Å². The van der Waals surface area contributed by atoms with E-state index in [0.29, 0.717) is 11.6 Å². The van der Waals surface area contributed by atoms with Crippen molar-refractivity contribution >= 4 is 23.2 Å². The minimum Gasteiger partial charge on any atom is -0.362 e. The van der Waals surface area contributed by atoms with Crippen LogP contribution in [0.5, 0.6) is 0 Å². The van der Waals surface area contributed by atoms with Gasteiger partial charge in [0.1, 0.15) is 5.66 Å². The van der Waals surface area contributed by atoms with E-state index < -0.39 is 0 Å². The number of hydrogen-bond acceptors (Lipinski definition) is 2. The molecule has 0 bridgehead atoms. The van der Waals surface area contributed by atoms with Gasteiger partial charge in [-0.05, 0) is 23.8 Å². The van der Waals surface area contributed by atoms with Crippen LogP contribution >= 0.6 is 11.6 Å². The zero-order chi connectivity index (χ0) is 18.4. The van der Waals surface area contributed by atoms with E-state index in [1.807, 2.05) is 53.4 Å². The third-order valence-corrected chi connectivity index (χ3v) is 6.20. The Balaban J connectivity index is 1.75. The monoisotopic (exact) mass is 370 g/mol. The lowest BCUT2D eigenvalue weighted by molar-refractivity contribution is -0.896. The Labute approximate surface area is 160 Å². The Bertz CT molecular complexity index is 839. The molecule has 136 valence electrons. The molecule has 4 nitrogen and oxygen atoms in total. The molecule has 2 aliphatic rings. The molecule has 1 spiro atoms. The van der Waals surface area contributed by atoms with Gasteiger partial charge in [-0.3, -0.25) is 4.79 Å². The van der Waals surface area contributed by atoms with Gasteiger partial charge < -0.3 is 14.7 Å². The van der Waals surface area contributed by atoms with Gasteiger partial charge in [-0.25, -0.2) is 0 Å². The van der Waals surface area contributed by atoms with E-state index in [0.717, 1.165) is 47.2 Å². The number of anilines is 1. The molecule has 0 aliphatic carbocycles. The van der Waals surface area contributed by atoms with Crippen LogP contribution in [0.4, 0.5) is 5.69 Å². The van der Waals surface area contributed by atoms with E-state index in [4.69, 9.17) is 11.6 Å². The maximum atomic E-state index is 13.4. The van der Waals surface area contributed by atoms with Gasteiger partial charge in [0.15, 0.2) is 0 Å². The number of fused-ring (bicyclic) bond motifs is 1. The lowest BCUT2D eigenvalue weighted by Gasteiger charge is -2.53. The predicted octanol–water partition coefficient (Wildman–Crippen LogP) is 3.97. The second-order valence-corrected chi connectivity index (χ2v) is 8.48. The molecule has 1 saturated heterocycles. The number of likely N-dealkylation sites (tertiary alicyclic amines) is 1. The van der Waals surface area contributed by atoms with E-state index in [1.54, 1.807) is 0 Å². The maximum Gasteiger partial charge on any atom is 0.258 e. The number of benzene rings is 2. The van der Waals surface area contributed by atoms with Gasteiger partial charge in [-0.1, -0.05) is 41.9 Å². The quantitative estimate of drug-likeness (QED) is 0.811. The van der Waals surface area contributed by atoms with Gasteiger partial charge in [-0.15, -0.1) is 0 Å². The Hall–Kier alpha value is -2.04. The second kappa shape index (κ2) is 6.29. The molecule has 26 heavy (non-hydrogen) atoms. The largest absolute Gasteiger partial charge is 0.362 e. The molecule has 0 aromatic heterocycles. The second-order valence-electron chi connectivity index (χ2n) is 8.07. The number of hydrogen-bond donors (Lipinski definition) is 1. The Morgan fingerprint density at radius 1 is 1.08 bits per heavy atom. The number of para-hydroxylation sites is 1. The molecule has 1 fully saturated rings. The molecule has 2 aromatic rings. The number of carbonyl (C=O) groups excluding carboxylic acids is 1. The fourth-order valence-electron chi connectivity index (χ4n) is 4.06. The summed E-state index contributed by atoms with van der Waals surface area (Å²) < 4.78 is 0.985. The Morgan fingerprint density at radius 2 is 1.73 bits per heavy atom. The number of halogens is 1. The van der Waals surface area contributed by atoms with Crippen LogP contribution in [0.3, 0.4) is 0 Å².